The second-order valence-electron chi connectivity index (χ2n) is 7.60. The summed E-state index contributed by atoms with van der Waals surface area (Å²) in [6.07, 6.45) is 0.914. The van der Waals surface area contributed by atoms with Crippen molar-refractivity contribution in [2.75, 3.05) is 13.7 Å². The van der Waals surface area contributed by atoms with Gasteiger partial charge in [-0.3, -0.25) is 10.1 Å². The quantitative estimate of drug-likeness (QED) is 0.245. The smallest absolute Gasteiger partial charge is 0.340 e. The summed E-state index contributed by atoms with van der Waals surface area (Å²) in [5, 5.41) is 12.8. The third-order valence-electron chi connectivity index (χ3n) is 5.29. The fourth-order valence-corrected chi connectivity index (χ4v) is 3.45. The highest BCUT2D eigenvalue weighted by molar-refractivity contribution is 6.31. The van der Waals surface area contributed by atoms with E-state index in [0.29, 0.717) is 34.0 Å². The summed E-state index contributed by atoms with van der Waals surface area (Å²) in [6.45, 7) is 5.91. The number of halogens is 1. The Morgan fingerprint density at radius 2 is 2.00 bits per heavy atom. The van der Waals surface area contributed by atoms with Crippen LogP contribution < -0.4 is 9.47 Å². The molecule has 0 spiro atoms. The molecule has 170 valence electrons. The lowest BCUT2D eigenvalue weighted by Crippen LogP contribution is -2.10. The number of nitrogens with zero attached hydrogens (tertiary/aromatic N) is 1. The van der Waals surface area contributed by atoms with Gasteiger partial charge in [-0.05, 0) is 37.1 Å². The van der Waals surface area contributed by atoms with Gasteiger partial charge >= 0.3 is 5.97 Å². The first-order valence-corrected chi connectivity index (χ1v) is 10.6. The summed E-state index contributed by atoms with van der Waals surface area (Å²) in [7, 11) is 1.45. The Hall–Kier alpha value is -3.26. The number of benzene rings is 2. The maximum absolute atomic E-state index is 12.8. The summed E-state index contributed by atoms with van der Waals surface area (Å²) in [5.74, 6) is 0.283. The van der Waals surface area contributed by atoms with Gasteiger partial charge in [0, 0.05) is 21.6 Å². The van der Waals surface area contributed by atoms with E-state index in [9.17, 15) is 14.9 Å². The van der Waals surface area contributed by atoms with Crippen LogP contribution in [0.2, 0.25) is 5.02 Å². The molecule has 1 atom stereocenters. The molecule has 2 aromatic carbocycles. The Bertz CT molecular complexity index is 1160. The molecule has 1 aromatic heterocycles. The number of esters is 1. The zero-order chi connectivity index (χ0) is 23.4. The zero-order valence-electron chi connectivity index (χ0n) is 18.4. The first kappa shape index (κ1) is 23.4. The number of aromatic nitrogens is 1. The third-order valence-corrected chi connectivity index (χ3v) is 5.53. The number of hydrogen-bond donors (Lipinski definition) is 1. The molecule has 0 bridgehead atoms. The number of methoxy groups -OCH3 is 1. The topological polar surface area (TPSA) is 104 Å². The molecule has 0 aliphatic heterocycles. The lowest BCUT2D eigenvalue weighted by Gasteiger charge is -2.15. The van der Waals surface area contributed by atoms with Crippen molar-refractivity contribution in [3.8, 4) is 11.5 Å². The largest absolute Gasteiger partial charge is 0.493 e. The summed E-state index contributed by atoms with van der Waals surface area (Å²) < 4.78 is 16.5. The van der Waals surface area contributed by atoms with E-state index in [0.717, 1.165) is 11.9 Å². The standard InChI is InChI=1S/C23H25ClN2O6/c1-5-13(2)11-31-21-10-19(26(28)29)15(8-20(21)30-4)12-32-23(27)22-14(3)25-18-7-6-16(24)9-17(18)22/h6-10,13,25H,5,11-12H2,1-4H3. The minimum atomic E-state index is -0.610. The molecule has 9 heteroatoms. The summed E-state index contributed by atoms with van der Waals surface area (Å²) in [4.78, 5) is 27.1. The molecule has 0 amide bonds. The lowest BCUT2D eigenvalue weighted by atomic mass is 10.1. The van der Waals surface area contributed by atoms with Crippen molar-refractivity contribution >= 4 is 34.2 Å². The van der Waals surface area contributed by atoms with E-state index in [1.165, 1.54) is 19.2 Å². The van der Waals surface area contributed by atoms with Crippen LogP contribution in [0, 0.1) is 23.0 Å². The number of aromatic amines is 1. The number of carbonyl (C=O) groups is 1. The van der Waals surface area contributed by atoms with Crippen molar-refractivity contribution in [3.05, 3.63) is 62.3 Å². The van der Waals surface area contributed by atoms with E-state index in [2.05, 4.69) is 4.98 Å². The number of nitro groups is 1. The van der Waals surface area contributed by atoms with Crippen LogP contribution in [0.1, 0.15) is 41.9 Å². The van der Waals surface area contributed by atoms with E-state index in [-0.39, 0.29) is 29.5 Å². The highest BCUT2D eigenvalue weighted by atomic mass is 35.5. The van der Waals surface area contributed by atoms with Crippen LogP contribution in [0.25, 0.3) is 10.9 Å². The molecule has 0 saturated carbocycles. The first-order chi connectivity index (χ1) is 15.2. The average molecular weight is 461 g/mol. The average Bonchev–Trinajstić information content (AvgIpc) is 3.10. The minimum Gasteiger partial charge on any atom is -0.493 e. The molecule has 1 N–H and O–H groups in total. The highest BCUT2D eigenvalue weighted by Gasteiger charge is 2.23. The maximum Gasteiger partial charge on any atom is 0.340 e. The summed E-state index contributed by atoms with van der Waals surface area (Å²) in [6, 6.07) is 7.94. The van der Waals surface area contributed by atoms with Gasteiger partial charge in [-0.15, -0.1) is 0 Å². The summed E-state index contributed by atoms with van der Waals surface area (Å²) in [5.41, 5.74) is 1.69. The molecule has 0 radical (unpaired) electrons. The van der Waals surface area contributed by atoms with Crippen LogP contribution in [-0.2, 0) is 11.3 Å². The molecule has 1 heterocycles. The van der Waals surface area contributed by atoms with Crippen LogP contribution in [0.5, 0.6) is 11.5 Å². The van der Waals surface area contributed by atoms with Crippen LogP contribution in [0.3, 0.4) is 0 Å². The van der Waals surface area contributed by atoms with Gasteiger partial charge in [0.1, 0.15) is 6.61 Å². The van der Waals surface area contributed by atoms with Gasteiger partial charge in [0.15, 0.2) is 11.5 Å². The van der Waals surface area contributed by atoms with Crippen molar-refractivity contribution in [1.82, 2.24) is 4.98 Å². The Morgan fingerprint density at radius 1 is 1.25 bits per heavy atom. The number of hydrogen-bond acceptors (Lipinski definition) is 6. The van der Waals surface area contributed by atoms with Gasteiger partial charge in [0.25, 0.3) is 5.69 Å². The monoisotopic (exact) mass is 460 g/mol. The number of carbonyl (C=O) groups excluding carboxylic acids is 1. The van der Waals surface area contributed by atoms with Crippen molar-refractivity contribution < 1.29 is 23.9 Å². The number of nitrogens with one attached hydrogen (secondary N) is 1. The summed E-state index contributed by atoms with van der Waals surface area (Å²) >= 11 is 6.07. The predicted molar refractivity (Wildman–Crippen MR) is 122 cm³/mol. The van der Waals surface area contributed by atoms with Gasteiger partial charge in [0.05, 0.1) is 35.8 Å². The molecule has 1 unspecified atom stereocenters. The van der Waals surface area contributed by atoms with Gasteiger partial charge in [-0.25, -0.2) is 4.79 Å². The Morgan fingerprint density at radius 3 is 2.66 bits per heavy atom. The van der Waals surface area contributed by atoms with Crippen molar-refractivity contribution in [2.45, 2.75) is 33.8 Å². The second-order valence-corrected chi connectivity index (χ2v) is 8.04. The predicted octanol–water partition coefficient (Wildman–Crippen LogP) is 5.83. The SMILES string of the molecule is CCC(C)COc1cc([N+](=O)[O-])c(COC(=O)c2c(C)[nH]c3ccc(Cl)cc23)cc1OC. The second kappa shape index (κ2) is 9.91. The van der Waals surface area contributed by atoms with Gasteiger partial charge in [-0.1, -0.05) is 31.9 Å². The number of ether oxygens (including phenoxy) is 3. The van der Waals surface area contributed by atoms with Gasteiger partial charge in [-0.2, -0.15) is 0 Å². The van der Waals surface area contributed by atoms with Crippen molar-refractivity contribution in [2.24, 2.45) is 5.92 Å². The van der Waals surface area contributed by atoms with Crippen LogP contribution in [0.4, 0.5) is 5.69 Å². The Kier molecular flexibility index (Phi) is 7.25. The molecule has 0 saturated heterocycles. The van der Waals surface area contributed by atoms with Gasteiger partial charge < -0.3 is 19.2 Å². The van der Waals surface area contributed by atoms with Crippen LogP contribution in [0.15, 0.2) is 30.3 Å². The molecular formula is C23H25ClN2O6. The molecule has 8 nitrogen and oxygen atoms in total. The lowest BCUT2D eigenvalue weighted by molar-refractivity contribution is -0.385. The van der Waals surface area contributed by atoms with Crippen LogP contribution in [-0.4, -0.2) is 29.6 Å². The normalized spacial score (nSPS) is 11.9. The van der Waals surface area contributed by atoms with E-state index in [1.54, 1.807) is 25.1 Å². The molecule has 0 aliphatic rings. The third kappa shape index (κ3) is 4.96. The minimum absolute atomic E-state index is 0.201. The molecule has 3 aromatic rings. The van der Waals surface area contributed by atoms with E-state index < -0.39 is 10.9 Å². The zero-order valence-corrected chi connectivity index (χ0v) is 19.1. The Labute approximate surface area is 190 Å². The number of H-pyrrole nitrogens is 1. The molecule has 32 heavy (non-hydrogen) atoms. The molecule has 0 fully saturated rings. The van der Waals surface area contributed by atoms with Crippen molar-refractivity contribution in [3.63, 3.8) is 0 Å². The van der Waals surface area contributed by atoms with E-state index in [1.807, 2.05) is 13.8 Å². The Balaban J connectivity index is 1.87. The van der Waals surface area contributed by atoms with Gasteiger partial charge in [0.2, 0.25) is 0 Å². The fourth-order valence-electron chi connectivity index (χ4n) is 3.28. The fraction of sp³-hybridized carbons (Fsp3) is 0.348. The first-order valence-electron chi connectivity index (χ1n) is 10.2. The number of aryl methyl sites for hydroxylation is 1. The number of fused-ring (bicyclic) bond motifs is 1. The van der Waals surface area contributed by atoms with Crippen molar-refractivity contribution in [1.29, 1.82) is 0 Å². The number of rotatable bonds is 9. The van der Waals surface area contributed by atoms with E-state index in [4.69, 9.17) is 25.8 Å². The maximum atomic E-state index is 12.8. The van der Waals surface area contributed by atoms with E-state index >= 15 is 0 Å². The highest BCUT2D eigenvalue weighted by Crippen LogP contribution is 2.36. The molecule has 3 rings (SSSR count). The molecular weight excluding hydrogens is 436 g/mol. The molecule has 0 aliphatic carbocycles. The number of nitro benzene ring substituents is 1. The van der Waals surface area contributed by atoms with Crippen LogP contribution >= 0.6 is 11.6 Å².